The van der Waals surface area contributed by atoms with Crippen molar-refractivity contribution in [3.8, 4) is 0 Å². The van der Waals surface area contributed by atoms with Crippen LogP contribution in [-0.4, -0.2) is 39.8 Å². The van der Waals surface area contributed by atoms with Crippen LogP contribution >= 0.6 is 9.64 Å². The van der Waals surface area contributed by atoms with Crippen LogP contribution in [0.4, 0.5) is 0 Å². The van der Waals surface area contributed by atoms with Gasteiger partial charge in [-0.15, -0.1) is 0 Å². The van der Waals surface area contributed by atoms with E-state index in [1.807, 2.05) is 0 Å². The van der Waals surface area contributed by atoms with Gasteiger partial charge >= 0.3 is 27.2 Å². The zero-order valence-electron chi connectivity index (χ0n) is 5.67. The Morgan fingerprint density at radius 2 is 1.10 bits per heavy atom. The Kier molecular flexibility index (Phi) is 26.2. The van der Waals surface area contributed by atoms with Crippen LogP contribution in [0.15, 0.2) is 0 Å². The summed E-state index contributed by atoms with van der Waals surface area (Å²) in [5.74, 6) is -1.67. The molecule has 0 saturated carbocycles. The van der Waals surface area contributed by atoms with Gasteiger partial charge in [0.15, 0.2) is 0 Å². The molecule has 6 heteroatoms. The Labute approximate surface area is 73.1 Å². The third kappa shape index (κ3) is 20800. The normalized spacial score (nSPS) is 5.50. The fraction of sp³-hybridized carbons (Fsp3) is 0.500. The number of halogens is 1. The third-order valence-corrected chi connectivity index (χ3v) is 0. The second-order valence-electron chi connectivity index (χ2n) is 1.04. The fourth-order valence-corrected chi connectivity index (χ4v) is 0. The average Bonchev–Trinajstić information content (AvgIpc) is 1.66. The van der Waals surface area contributed by atoms with Crippen LogP contribution in [0.5, 0.6) is 0 Å². The SMILES string of the molecule is CC(=O)O.CC(=O)O.[Cl][Ga]. The van der Waals surface area contributed by atoms with Gasteiger partial charge in [0.05, 0.1) is 0 Å². The Bertz CT molecular complexity index is 75.3. The van der Waals surface area contributed by atoms with Crippen LogP contribution in [0.25, 0.3) is 0 Å². The zero-order chi connectivity index (χ0) is 9.15. The van der Waals surface area contributed by atoms with Crippen molar-refractivity contribution in [2.45, 2.75) is 13.8 Å². The molecule has 0 amide bonds. The molecule has 0 aliphatic heterocycles. The van der Waals surface area contributed by atoms with Crippen LogP contribution in [-0.2, 0) is 9.59 Å². The molecule has 4 nitrogen and oxygen atoms in total. The minimum atomic E-state index is -0.833. The second kappa shape index (κ2) is 15.9. The monoisotopic (exact) mass is 224 g/mol. The Hall–Kier alpha value is -0.134. The molecule has 10 heavy (non-hydrogen) atoms. The van der Waals surface area contributed by atoms with Crippen molar-refractivity contribution in [3.05, 3.63) is 0 Å². The van der Waals surface area contributed by atoms with Gasteiger partial charge in [0.25, 0.3) is 11.9 Å². The van der Waals surface area contributed by atoms with Crippen molar-refractivity contribution in [2.24, 2.45) is 0 Å². The molecule has 0 rings (SSSR count). The summed E-state index contributed by atoms with van der Waals surface area (Å²) in [5.41, 5.74) is 0. The van der Waals surface area contributed by atoms with Gasteiger partial charge in [-0.25, -0.2) is 0 Å². The zero-order valence-corrected chi connectivity index (χ0v) is 8.84. The van der Waals surface area contributed by atoms with Crippen molar-refractivity contribution < 1.29 is 19.8 Å². The Balaban J connectivity index is -0.0000000787. The fourth-order valence-electron chi connectivity index (χ4n) is 0. The van der Waals surface area contributed by atoms with E-state index in [0.29, 0.717) is 0 Å². The number of rotatable bonds is 0. The molecule has 0 saturated heterocycles. The van der Waals surface area contributed by atoms with E-state index in [0.717, 1.165) is 31.4 Å². The summed E-state index contributed by atoms with van der Waals surface area (Å²) in [6.07, 6.45) is 0. The molecule has 0 aromatic heterocycles. The number of hydrogen-bond donors (Lipinski definition) is 2. The van der Waals surface area contributed by atoms with Crippen molar-refractivity contribution in [3.63, 3.8) is 0 Å². The van der Waals surface area contributed by atoms with Gasteiger partial charge in [0.1, 0.15) is 0 Å². The van der Waals surface area contributed by atoms with Gasteiger partial charge in [0, 0.05) is 13.8 Å². The maximum absolute atomic E-state index is 9.00. The number of hydrogen-bond acceptors (Lipinski definition) is 2. The molecule has 0 atom stereocenters. The average molecular weight is 225 g/mol. The first kappa shape index (κ1) is 16.5. The van der Waals surface area contributed by atoms with Crippen molar-refractivity contribution in [1.29, 1.82) is 0 Å². The standard InChI is InChI=1S/2C2H4O2.ClH.Ga/c2*1-2(3)4;;/h2*1H3,(H,3,4);1H;/q;;;+1/p-1. The van der Waals surface area contributed by atoms with E-state index in [-0.39, 0.29) is 0 Å². The molecule has 0 fully saturated rings. The Morgan fingerprint density at radius 3 is 1.10 bits per heavy atom. The molecule has 0 aromatic rings. The van der Waals surface area contributed by atoms with E-state index in [2.05, 4.69) is 0 Å². The third-order valence-electron chi connectivity index (χ3n) is 0. The van der Waals surface area contributed by atoms with E-state index in [4.69, 9.17) is 29.4 Å². The van der Waals surface area contributed by atoms with E-state index < -0.39 is 11.9 Å². The first-order valence-corrected chi connectivity index (χ1v) is 5.26. The van der Waals surface area contributed by atoms with Gasteiger partial charge in [-0.2, -0.15) is 0 Å². The molecule has 58 valence electrons. The van der Waals surface area contributed by atoms with Gasteiger partial charge in [-0.05, 0) is 0 Å². The topological polar surface area (TPSA) is 74.6 Å². The summed E-state index contributed by atoms with van der Waals surface area (Å²) in [6.45, 7) is 2.17. The maximum atomic E-state index is 9.00. The van der Waals surface area contributed by atoms with Crippen molar-refractivity contribution in [1.82, 2.24) is 0 Å². The predicted molar refractivity (Wildman–Crippen MR) is 38.2 cm³/mol. The molecule has 0 heterocycles. The molecule has 0 aromatic carbocycles. The number of carboxylic acid groups (broad SMARTS) is 2. The van der Waals surface area contributed by atoms with Gasteiger partial charge in [-0.3, -0.25) is 9.59 Å². The van der Waals surface area contributed by atoms with Crippen LogP contribution < -0.4 is 0 Å². The molecule has 0 aliphatic carbocycles. The first-order chi connectivity index (χ1) is 4.46. The van der Waals surface area contributed by atoms with Crippen molar-refractivity contribution >= 4 is 39.2 Å². The minimum absolute atomic E-state index is 0.833. The van der Waals surface area contributed by atoms with Gasteiger partial charge < -0.3 is 10.2 Å². The van der Waals surface area contributed by atoms with E-state index in [1.54, 1.807) is 0 Å². The molecule has 0 unspecified atom stereocenters. The number of carbonyl (C=O) groups is 2. The molecule has 0 bridgehead atoms. The van der Waals surface area contributed by atoms with Crippen LogP contribution in [0, 0.1) is 0 Å². The molecule has 2 radical (unpaired) electrons. The van der Waals surface area contributed by atoms with Crippen LogP contribution in [0.3, 0.4) is 0 Å². The van der Waals surface area contributed by atoms with Gasteiger partial charge in [-0.1, -0.05) is 0 Å². The summed E-state index contributed by atoms with van der Waals surface area (Å²) in [5, 5.41) is 14.8. The summed E-state index contributed by atoms with van der Waals surface area (Å²) < 4.78 is 0. The summed E-state index contributed by atoms with van der Waals surface area (Å²) in [6, 6.07) is 0. The van der Waals surface area contributed by atoms with E-state index >= 15 is 0 Å². The summed E-state index contributed by atoms with van der Waals surface area (Å²) in [7, 11) is 4.70. The van der Waals surface area contributed by atoms with Crippen molar-refractivity contribution in [2.75, 3.05) is 0 Å². The quantitative estimate of drug-likeness (QED) is 0.588. The molecule has 2 N–H and O–H groups in total. The molecular formula is C4H8ClGaO4. The molecule has 0 aliphatic rings. The number of carboxylic acids is 2. The first-order valence-electron chi connectivity index (χ1n) is 2.07. The Morgan fingerprint density at radius 1 is 1.10 bits per heavy atom. The van der Waals surface area contributed by atoms with Crippen LogP contribution in [0.1, 0.15) is 13.8 Å². The molecule has 0 spiro atoms. The summed E-state index contributed by atoms with van der Waals surface area (Å²) in [4.78, 5) is 18.0. The predicted octanol–water partition coefficient (Wildman–Crippen LogP) is 0.490. The number of aliphatic carboxylic acids is 2. The summed E-state index contributed by atoms with van der Waals surface area (Å²) >= 11 is 1.16. The molecular weight excluding hydrogens is 217 g/mol. The van der Waals surface area contributed by atoms with Gasteiger partial charge in [0.2, 0.25) is 0 Å². The second-order valence-corrected chi connectivity index (χ2v) is 1.04. The van der Waals surface area contributed by atoms with E-state index in [9.17, 15) is 0 Å². The van der Waals surface area contributed by atoms with E-state index in [1.165, 1.54) is 0 Å². The van der Waals surface area contributed by atoms with Crippen LogP contribution in [0.2, 0.25) is 0 Å².